The fourth-order valence-corrected chi connectivity index (χ4v) is 5.92. The Hall–Kier alpha value is -3.68. The second-order valence-corrected chi connectivity index (χ2v) is 12.1. The van der Waals surface area contributed by atoms with Crippen molar-refractivity contribution < 1.29 is 9.47 Å². The molecule has 1 fully saturated rings. The van der Waals surface area contributed by atoms with Gasteiger partial charge in [0.15, 0.2) is 0 Å². The van der Waals surface area contributed by atoms with Gasteiger partial charge in [-0.1, -0.05) is 72.8 Å². The van der Waals surface area contributed by atoms with E-state index in [1.807, 2.05) is 48.5 Å². The lowest BCUT2D eigenvalue weighted by Crippen LogP contribution is -2.30. The monoisotopic (exact) mass is 592 g/mol. The van der Waals surface area contributed by atoms with Gasteiger partial charge in [0.1, 0.15) is 24.7 Å². The summed E-state index contributed by atoms with van der Waals surface area (Å²) in [6, 6.07) is 33.4. The maximum atomic E-state index is 5.97. The van der Waals surface area contributed by atoms with Crippen LogP contribution in [0.1, 0.15) is 59.1 Å². The summed E-state index contributed by atoms with van der Waals surface area (Å²) in [7, 11) is 0. The zero-order valence-corrected chi connectivity index (χ0v) is 25.8. The first-order chi connectivity index (χ1) is 21.7. The number of hydrogen-bond acceptors (Lipinski definition) is 6. The van der Waals surface area contributed by atoms with E-state index in [4.69, 9.17) is 20.9 Å². The molecule has 44 heavy (non-hydrogen) atoms. The molecule has 0 heterocycles. The van der Waals surface area contributed by atoms with E-state index >= 15 is 0 Å². The van der Waals surface area contributed by atoms with Crippen molar-refractivity contribution in [1.29, 1.82) is 0 Å². The molecule has 0 bridgehead atoms. The predicted octanol–water partition coefficient (Wildman–Crippen LogP) is 6.45. The SMILES string of the molecule is NCc1ccc(OCc2cccc(CNCC3CCC(CNCc4cccc(COc5ccc(CN)cc5)c4)CC3)c2)cc1. The second kappa shape index (κ2) is 17.0. The van der Waals surface area contributed by atoms with Crippen molar-refractivity contribution >= 4 is 0 Å². The van der Waals surface area contributed by atoms with Crippen LogP contribution in [0.25, 0.3) is 0 Å². The molecule has 0 saturated heterocycles. The van der Waals surface area contributed by atoms with Crippen LogP contribution in [-0.4, -0.2) is 13.1 Å². The first-order valence-electron chi connectivity index (χ1n) is 16.1. The third kappa shape index (κ3) is 10.2. The van der Waals surface area contributed by atoms with Gasteiger partial charge in [-0.15, -0.1) is 0 Å². The average molecular weight is 593 g/mol. The van der Waals surface area contributed by atoms with Gasteiger partial charge in [-0.05, 0) is 108 Å². The summed E-state index contributed by atoms with van der Waals surface area (Å²) < 4.78 is 11.9. The summed E-state index contributed by atoms with van der Waals surface area (Å²) in [4.78, 5) is 0. The fraction of sp³-hybridized carbons (Fsp3) is 0.368. The van der Waals surface area contributed by atoms with Gasteiger partial charge in [0.2, 0.25) is 0 Å². The first-order valence-corrected chi connectivity index (χ1v) is 16.1. The molecule has 0 aliphatic heterocycles. The Morgan fingerprint density at radius 3 is 1.27 bits per heavy atom. The van der Waals surface area contributed by atoms with E-state index < -0.39 is 0 Å². The lowest BCUT2D eigenvalue weighted by Gasteiger charge is -2.29. The Labute approximate surface area is 263 Å². The highest BCUT2D eigenvalue weighted by molar-refractivity contribution is 5.30. The van der Waals surface area contributed by atoms with E-state index in [1.54, 1.807) is 0 Å². The van der Waals surface area contributed by atoms with Crippen molar-refractivity contribution in [2.24, 2.45) is 23.3 Å². The van der Waals surface area contributed by atoms with Crippen molar-refractivity contribution in [3.05, 3.63) is 130 Å². The highest BCUT2D eigenvalue weighted by Gasteiger charge is 2.20. The molecule has 6 nitrogen and oxygen atoms in total. The van der Waals surface area contributed by atoms with E-state index in [0.717, 1.165) is 60.6 Å². The number of benzene rings is 4. The third-order valence-electron chi connectivity index (χ3n) is 8.60. The summed E-state index contributed by atoms with van der Waals surface area (Å²) >= 11 is 0. The quantitative estimate of drug-likeness (QED) is 0.120. The molecule has 4 aromatic rings. The highest BCUT2D eigenvalue weighted by atomic mass is 16.5. The second-order valence-electron chi connectivity index (χ2n) is 12.1. The molecule has 1 aliphatic carbocycles. The van der Waals surface area contributed by atoms with Crippen molar-refractivity contribution in [3.63, 3.8) is 0 Å². The minimum absolute atomic E-state index is 0.550. The van der Waals surface area contributed by atoms with E-state index in [2.05, 4.69) is 59.2 Å². The summed E-state index contributed by atoms with van der Waals surface area (Å²) in [5.41, 5.74) is 18.6. The Morgan fingerprint density at radius 1 is 0.500 bits per heavy atom. The van der Waals surface area contributed by atoms with Gasteiger partial charge in [0, 0.05) is 26.2 Å². The van der Waals surface area contributed by atoms with Crippen LogP contribution < -0.4 is 31.6 Å². The molecule has 4 aromatic carbocycles. The molecule has 0 aromatic heterocycles. The van der Waals surface area contributed by atoms with Crippen LogP contribution in [0.4, 0.5) is 0 Å². The molecule has 1 aliphatic rings. The summed E-state index contributed by atoms with van der Waals surface area (Å²) in [5, 5.41) is 7.42. The molecule has 6 heteroatoms. The molecule has 5 rings (SSSR count). The van der Waals surface area contributed by atoms with Crippen LogP contribution >= 0.6 is 0 Å². The van der Waals surface area contributed by atoms with E-state index in [9.17, 15) is 0 Å². The van der Waals surface area contributed by atoms with E-state index in [1.165, 1.54) is 47.9 Å². The summed E-state index contributed by atoms with van der Waals surface area (Å²) in [5.74, 6) is 3.27. The zero-order chi connectivity index (χ0) is 30.4. The Morgan fingerprint density at radius 2 is 0.886 bits per heavy atom. The maximum Gasteiger partial charge on any atom is 0.119 e. The Balaban J connectivity index is 0.949. The molecule has 0 unspecified atom stereocenters. The Kier molecular flexibility index (Phi) is 12.2. The van der Waals surface area contributed by atoms with Crippen LogP contribution in [0.2, 0.25) is 0 Å². The summed E-state index contributed by atoms with van der Waals surface area (Å²) in [6.45, 7) is 6.19. The van der Waals surface area contributed by atoms with Crippen molar-refractivity contribution in [2.45, 2.75) is 65.1 Å². The van der Waals surface area contributed by atoms with Gasteiger partial charge in [-0.25, -0.2) is 0 Å². The van der Waals surface area contributed by atoms with E-state index in [0.29, 0.717) is 26.3 Å². The third-order valence-corrected chi connectivity index (χ3v) is 8.60. The maximum absolute atomic E-state index is 5.97. The molecule has 6 N–H and O–H groups in total. The molecule has 0 spiro atoms. The van der Waals surface area contributed by atoms with Crippen LogP contribution in [0.3, 0.4) is 0 Å². The number of hydrogen-bond donors (Lipinski definition) is 4. The fourth-order valence-electron chi connectivity index (χ4n) is 5.92. The van der Waals surface area contributed by atoms with Gasteiger partial charge >= 0.3 is 0 Å². The lowest BCUT2D eigenvalue weighted by molar-refractivity contribution is 0.260. The van der Waals surface area contributed by atoms with Gasteiger partial charge in [-0.2, -0.15) is 0 Å². The zero-order valence-electron chi connectivity index (χ0n) is 25.8. The molecular weight excluding hydrogens is 544 g/mol. The van der Waals surface area contributed by atoms with Crippen LogP contribution in [0.15, 0.2) is 97.1 Å². The number of ether oxygens (including phenoxy) is 2. The van der Waals surface area contributed by atoms with Gasteiger partial charge in [0.25, 0.3) is 0 Å². The van der Waals surface area contributed by atoms with Crippen LogP contribution in [-0.2, 0) is 39.4 Å². The van der Waals surface area contributed by atoms with Crippen LogP contribution in [0.5, 0.6) is 11.5 Å². The van der Waals surface area contributed by atoms with Gasteiger partial charge in [-0.3, -0.25) is 0 Å². The summed E-state index contributed by atoms with van der Waals surface area (Å²) in [6.07, 6.45) is 5.20. The van der Waals surface area contributed by atoms with Gasteiger partial charge in [0.05, 0.1) is 0 Å². The van der Waals surface area contributed by atoms with Crippen molar-refractivity contribution in [1.82, 2.24) is 10.6 Å². The molecule has 0 amide bonds. The predicted molar refractivity (Wildman–Crippen MR) is 179 cm³/mol. The van der Waals surface area contributed by atoms with Crippen molar-refractivity contribution in [3.8, 4) is 11.5 Å². The standard InChI is InChI=1S/C38H48N4O2/c39-21-29-11-15-37(16-12-29)43-27-35-5-1-3-33(19-35)25-41-23-31-7-9-32(10-8-31)24-42-26-34-4-2-6-36(20-34)28-44-38-17-13-30(22-40)14-18-38/h1-6,11-20,31-32,41-42H,7-10,21-28,39-40H2. The lowest BCUT2D eigenvalue weighted by atomic mass is 9.82. The van der Waals surface area contributed by atoms with Gasteiger partial charge < -0.3 is 31.6 Å². The normalized spacial score (nSPS) is 16.5. The Bertz CT molecular complexity index is 1290. The number of nitrogens with one attached hydrogen (secondary N) is 2. The molecular formula is C38H48N4O2. The average Bonchev–Trinajstić information content (AvgIpc) is 3.08. The first kappa shape index (κ1) is 31.7. The van der Waals surface area contributed by atoms with Crippen molar-refractivity contribution in [2.75, 3.05) is 13.1 Å². The molecule has 1 saturated carbocycles. The largest absolute Gasteiger partial charge is 0.489 e. The molecule has 0 atom stereocenters. The number of nitrogens with two attached hydrogens (primary N) is 2. The molecule has 0 radical (unpaired) electrons. The van der Waals surface area contributed by atoms with Crippen LogP contribution in [0, 0.1) is 11.8 Å². The minimum atomic E-state index is 0.550. The van der Waals surface area contributed by atoms with E-state index in [-0.39, 0.29) is 0 Å². The number of rotatable bonds is 16. The molecule has 232 valence electrons. The topological polar surface area (TPSA) is 94.6 Å². The minimum Gasteiger partial charge on any atom is -0.489 e. The smallest absolute Gasteiger partial charge is 0.119 e. The highest BCUT2D eigenvalue weighted by Crippen LogP contribution is 2.28.